The number of nitrogens with zero attached hydrogens (tertiary/aromatic N) is 1. The standard InChI is InChI=1S/C22H26N4O2/c1-4-6-18(24-16-8-5-7-14(11-16)13-26(2)3)20-17-10-9-15(21(23)27)12-19(17)25-22(20)28/h5,7-12,24H,4,6,13H2,1-3H3,(H2,23,27)(H,25,28)/b20-18-. The average molecular weight is 378 g/mol. The number of benzene rings is 2. The molecule has 0 unspecified atom stereocenters. The number of amides is 2. The lowest BCUT2D eigenvalue weighted by Gasteiger charge is -2.15. The van der Waals surface area contributed by atoms with Crippen molar-refractivity contribution in [3.63, 3.8) is 0 Å². The lowest BCUT2D eigenvalue weighted by atomic mass is 10.0. The summed E-state index contributed by atoms with van der Waals surface area (Å²) in [6, 6.07) is 13.3. The van der Waals surface area contributed by atoms with Gasteiger partial charge in [0.15, 0.2) is 0 Å². The Balaban J connectivity index is 1.99. The summed E-state index contributed by atoms with van der Waals surface area (Å²) in [7, 11) is 4.06. The maximum Gasteiger partial charge on any atom is 0.258 e. The van der Waals surface area contributed by atoms with E-state index < -0.39 is 5.91 Å². The molecular weight excluding hydrogens is 352 g/mol. The van der Waals surface area contributed by atoms with Crippen LogP contribution in [0.3, 0.4) is 0 Å². The van der Waals surface area contributed by atoms with Crippen LogP contribution in [0.4, 0.5) is 11.4 Å². The highest BCUT2D eigenvalue weighted by Gasteiger charge is 2.28. The minimum Gasteiger partial charge on any atom is -0.366 e. The van der Waals surface area contributed by atoms with E-state index in [2.05, 4.69) is 34.6 Å². The van der Waals surface area contributed by atoms with E-state index in [-0.39, 0.29) is 5.91 Å². The summed E-state index contributed by atoms with van der Waals surface area (Å²) in [5.74, 6) is -0.684. The van der Waals surface area contributed by atoms with Crippen molar-refractivity contribution in [2.75, 3.05) is 24.7 Å². The number of primary amides is 1. The Labute approximate surface area is 165 Å². The van der Waals surface area contributed by atoms with Crippen molar-refractivity contribution in [1.29, 1.82) is 0 Å². The third-order valence-corrected chi connectivity index (χ3v) is 4.57. The average Bonchev–Trinajstić information content (AvgIpc) is 2.95. The number of hydrogen-bond acceptors (Lipinski definition) is 4. The molecule has 0 bridgehead atoms. The summed E-state index contributed by atoms with van der Waals surface area (Å²) in [5.41, 5.74) is 10.8. The van der Waals surface area contributed by atoms with Gasteiger partial charge in [0, 0.05) is 34.7 Å². The number of nitrogens with two attached hydrogens (primary N) is 1. The van der Waals surface area contributed by atoms with Crippen LogP contribution in [0.1, 0.15) is 41.3 Å². The van der Waals surface area contributed by atoms with Crippen molar-refractivity contribution in [2.45, 2.75) is 26.3 Å². The van der Waals surface area contributed by atoms with Gasteiger partial charge < -0.3 is 21.3 Å². The number of rotatable bonds is 7. The molecule has 0 aromatic heterocycles. The largest absolute Gasteiger partial charge is 0.366 e. The number of hydrogen-bond donors (Lipinski definition) is 3. The van der Waals surface area contributed by atoms with Crippen molar-refractivity contribution in [1.82, 2.24) is 4.90 Å². The van der Waals surface area contributed by atoms with Gasteiger partial charge in [0.2, 0.25) is 5.91 Å². The molecule has 1 aliphatic rings. The number of carbonyl (C=O) groups excluding carboxylic acids is 2. The van der Waals surface area contributed by atoms with Crippen LogP contribution in [0.2, 0.25) is 0 Å². The van der Waals surface area contributed by atoms with Crippen LogP contribution < -0.4 is 16.4 Å². The molecule has 6 heteroatoms. The van der Waals surface area contributed by atoms with Gasteiger partial charge in [0.05, 0.1) is 5.57 Å². The molecule has 146 valence electrons. The SMILES string of the molecule is CCC/C(Nc1cccc(CN(C)C)c1)=C1/C(=O)Nc2cc(C(N)=O)ccc21. The van der Waals surface area contributed by atoms with E-state index >= 15 is 0 Å². The quantitative estimate of drug-likeness (QED) is 0.644. The molecule has 3 rings (SSSR count). The summed E-state index contributed by atoms with van der Waals surface area (Å²) in [5, 5.41) is 6.31. The predicted molar refractivity (Wildman–Crippen MR) is 113 cm³/mol. The second-order valence-corrected chi connectivity index (χ2v) is 7.25. The molecule has 0 radical (unpaired) electrons. The van der Waals surface area contributed by atoms with Gasteiger partial charge in [-0.2, -0.15) is 0 Å². The Morgan fingerprint density at radius 2 is 1.96 bits per heavy atom. The molecule has 0 atom stereocenters. The highest BCUT2D eigenvalue weighted by Crippen LogP contribution is 2.36. The highest BCUT2D eigenvalue weighted by molar-refractivity contribution is 6.32. The first-order valence-corrected chi connectivity index (χ1v) is 9.38. The highest BCUT2D eigenvalue weighted by atomic mass is 16.2. The van der Waals surface area contributed by atoms with Crippen LogP contribution in [0.15, 0.2) is 48.2 Å². The van der Waals surface area contributed by atoms with E-state index in [0.29, 0.717) is 16.8 Å². The van der Waals surface area contributed by atoms with Gasteiger partial charge in [0.25, 0.3) is 5.91 Å². The number of carbonyl (C=O) groups is 2. The third-order valence-electron chi connectivity index (χ3n) is 4.57. The molecule has 6 nitrogen and oxygen atoms in total. The second-order valence-electron chi connectivity index (χ2n) is 7.25. The number of allylic oxidation sites excluding steroid dienone is 1. The zero-order valence-electron chi connectivity index (χ0n) is 16.5. The van der Waals surface area contributed by atoms with Gasteiger partial charge in [-0.05, 0) is 50.3 Å². The van der Waals surface area contributed by atoms with Gasteiger partial charge in [0.1, 0.15) is 0 Å². The molecule has 0 saturated carbocycles. The molecule has 0 saturated heterocycles. The lowest BCUT2D eigenvalue weighted by Crippen LogP contribution is -2.12. The lowest BCUT2D eigenvalue weighted by molar-refractivity contribution is -0.110. The zero-order valence-corrected chi connectivity index (χ0v) is 16.5. The predicted octanol–water partition coefficient (Wildman–Crippen LogP) is 3.42. The monoisotopic (exact) mass is 378 g/mol. The van der Waals surface area contributed by atoms with Gasteiger partial charge in [-0.1, -0.05) is 31.5 Å². The molecule has 2 aromatic rings. The first-order chi connectivity index (χ1) is 13.4. The summed E-state index contributed by atoms with van der Waals surface area (Å²) >= 11 is 0. The van der Waals surface area contributed by atoms with E-state index in [9.17, 15) is 9.59 Å². The fourth-order valence-corrected chi connectivity index (χ4v) is 3.41. The van der Waals surface area contributed by atoms with E-state index in [0.717, 1.165) is 36.3 Å². The number of nitrogens with one attached hydrogen (secondary N) is 2. The van der Waals surface area contributed by atoms with Gasteiger partial charge >= 0.3 is 0 Å². The smallest absolute Gasteiger partial charge is 0.258 e. The van der Waals surface area contributed by atoms with Crippen LogP contribution in [-0.2, 0) is 11.3 Å². The Morgan fingerprint density at radius 3 is 2.64 bits per heavy atom. The van der Waals surface area contributed by atoms with Crippen LogP contribution in [-0.4, -0.2) is 30.8 Å². The zero-order chi connectivity index (χ0) is 20.3. The molecule has 2 aromatic carbocycles. The van der Waals surface area contributed by atoms with E-state index in [1.165, 1.54) is 5.56 Å². The summed E-state index contributed by atoms with van der Waals surface area (Å²) in [4.78, 5) is 26.2. The van der Waals surface area contributed by atoms with E-state index in [4.69, 9.17) is 5.73 Å². The van der Waals surface area contributed by atoms with Crippen molar-refractivity contribution < 1.29 is 9.59 Å². The van der Waals surface area contributed by atoms with Crippen molar-refractivity contribution in [3.05, 3.63) is 64.9 Å². The molecule has 1 heterocycles. The van der Waals surface area contributed by atoms with Gasteiger partial charge in [-0.3, -0.25) is 9.59 Å². The summed E-state index contributed by atoms with van der Waals surface area (Å²) in [6.45, 7) is 2.92. The maximum atomic E-state index is 12.7. The fraction of sp³-hybridized carbons (Fsp3) is 0.273. The molecule has 0 aliphatic carbocycles. The van der Waals surface area contributed by atoms with E-state index in [1.54, 1.807) is 18.2 Å². The van der Waals surface area contributed by atoms with Crippen LogP contribution in [0.5, 0.6) is 0 Å². The van der Waals surface area contributed by atoms with Gasteiger partial charge in [-0.25, -0.2) is 0 Å². The first kappa shape index (κ1) is 19.6. The topological polar surface area (TPSA) is 87.5 Å². The molecule has 0 spiro atoms. The van der Waals surface area contributed by atoms with Crippen molar-refractivity contribution in [3.8, 4) is 0 Å². The first-order valence-electron chi connectivity index (χ1n) is 9.38. The Bertz CT molecular complexity index is 947. The maximum absolute atomic E-state index is 12.7. The van der Waals surface area contributed by atoms with E-state index in [1.807, 2.05) is 26.2 Å². The van der Waals surface area contributed by atoms with Crippen molar-refractivity contribution in [2.24, 2.45) is 5.73 Å². The second kappa shape index (κ2) is 8.27. The van der Waals surface area contributed by atoms with Crippen LogP contribution >= 0.6 is 0 Å². The number of anilines is 2. The molecule has 0 fully saturated rings. The van der Waals surface area contributed by atoms with Gasteiger partial charge in [-0.15, -0.1) is 0 Å². The minimum atomic E-state index is -0.515. The molecule has 2 amide bonds. The Kier molecular flexibility index (Phi) is 5.80. The molecule has 28 heavy (non-hydrogen) atoms. The molecular formula is C22H26N4O2. The Morgan fingerprint density at radius 1 is 1.18 bits per heavy atom. The Hall–Kier alpha value is -3.12. The van der Waals surface area contributed by atoms with Crippen LogP contribution in [0.25, 0.3) is 5.57 Å². The minimum absolute atomic E-state index is 0.169. The van der Waals surface area contributed by atoms with Crippen LogP contribution in [0, 0.1) is 0 Å². The summed E-state index contributed by atoms with van der Waals surface area (Å²) in [6.07, 6.45) is 1.63. The molecule has 4 N–H and O–H groups in total. The third kappa shape index (κ3) is 4.23. The van der Waals surface area contributed by atoms with Crippen molar-refractivity contribution >= 4 is 28.8 Å². The molecule has 1 aliphatic heterocycles. The normalized spacial score (nSPS) is 14.6. The summed E-state index contributed by atoms with van der Waals surface area (Å²) < 4.78 is 0. The number of fused-ring (bicyclic) bond motifs is 1. The fourth-order valence-electron chi connectivity index (χ4n) is 3.41.